The van der Waals surface area contributed by atoms with Crippen molar-refractivity contribution in [2.75, 3.05) is 6.54 Å². The van der Waals surface area contributed by atoms with Crippen LogP contribution in [0.2, 0.25) is 5.02 Å². The fourth-order valence-electron chi connectivity index (χ4n) is 2.29. The summed E-state index contributed by atoms with van der Waals surface area (Å²) in [6.07, 6.45) is 0.467. The van der Waals surface area contributed by atoms with Gasteiger partial charge in [-0.15, -0.1) is 0 Å². The lowest BCUT2D eigenvalue weighted by atomic mass is 9.94. The van der Waals surface area contributed by atoms with Crippen LogP contribution >= 0.6 is 11.6 Å². The predicted molar refractivity (Wildman–Crippen MR) is 90.0 cm³/mol. The average molecular weight is 348 g/mol. The molecule has 0 atom stereocenters. The van der Waals surface area contributed by atoms with Crippen LogP contribution in [0, 0.1) is 17.2 Å². The Morgan fingerprint density at radius 1 is 1.38 bits per heavy atom. The number of nitriles is 1. The number of likely N-dealkylation sites (N-methyl/N-ethyl adjacent to an activating group) is 1. The second-order valence-corrected chi connectivity index (χ2v) is 5.78. The summed E-state index contributed by atoms with van der Waals surface area (Å²) in [5.74, 6) is -1.74. The van der Waals surface area contributed by atoms with Crippen molar-refractivity contribution in [2.24, 2.45) is 11.7 Å². The number of primary amides is 1. The molecule has 0 aromatic heterocycles. The molecule has 0 radical (unpaired) electrons. The summed E-state index contributed by atoms with van der Waals surface area (Å²) in [7, 11) is 0. The first-order chi connectivity index (χ1) is 11.3. The zero-order valence-corrected chi connectivity index (χ0v) is 14.4. The molecule has 0 saturated heterocycles. The maximum absolute atomic E-state index is 12.9. The third kappa shape index (κ3) is 4.21. The monoisotopic (exact) mass is 347 g/mol. The van der Waals surface area contributed by atoms with E-state index in [1.54, 1.807) is 20.8 Å². The first-order valence-electron chi connectivity index (χ1n) is 7.28. The molecule has 0 unspecified atom stereocenters. The molecule has 0 aliphatic carbocycles. The van der Waals surface area contributed by atoms with Gasteiger partial charge in [-0.1, -0.05) is 25.4 Å². The number of nitrogens with zero attached hydrogens (tertiary/aromatic N) is 2. The van der Waals surface area contributed by atoms with Crippen LogP contribution < -0.4 is 5.73 Å². The van der Waals surface area contributed by atoms with Gasteiger partial charge in [0, 0.05) is 22.7 Å². The van der Waals surface area contributed by atoms with E-state index >= 15 is 0 Å². The number of halogens is 1. The van der Waals surface area contributed by atoms with E-state index in [4.69, 9.17) is 22.6 Å². The molecule has 0 fully saturated rings. The molecule has 2 amide bonds. The van der Waals surface area contributed by atoms with E-state index in [2.05, 4.69) is 0 Å². The quantitative estimate of drug-likeness (QED) is 0.464. The smallest absolute Gasteiger partial charge is 0.247 e. The fourth-order valence-corrected chi connectivity index (χ4v) is 2.52. The van der Waals surface area contributed by atoms with Crippen LogP contribution in [0.15, 0.2) is 29.5 Å². The van der Waals surface area contributed by atoms with Crippen LogP contribution in [0.25, 0.3) is 0 Å². The van der Waals surface area contributed by atoms with E-state index in [-0.39, 0.29) is 39.9 Å². The Labute approximate surface area is 145 Å². The molecule has 0 saturated carbocycles. The summed E-state index contributed by atoms with van der Waals surface area (Å²) in [4.78, 5) is 37.3. The van der Waals surface area contributed by atoms with Crippen LogP contribution in [-0.2, 0) is 9.59 Å². The molecule has 6 nitrogen and oxygen atoms in total. The largest absolute Gasteiger partial charge is 0.366 e. The van der Waals surface area contributed by atoms with E-state index in [9.17, 15) is 14.4 Å². The second kappa shape index (κ2) is 8.27. The highest BCUT2D eigenvalue weighted by Gasteiger charge is 2.27. The summed E-state index contributed by atoms with van der Waals surface area (Å²) >= 11 is 5.94. The van der Waals surface area contributed by atoms with Crippen molar-refractivity contribution in [1.82, 2.24) is 4.90 Å². The van der Waals surface area contributed by atoms with Gasteiger partial charge in [0.05, 0.1) is 11.6 Å². The van der Waals surface area contributed by atoms with E-state index in [0.29, 0.717) is 6.41 Å². The molecule has 0 aliphatic rings. The minimum absolute atomic E-state index is 0.0485. The summed E-state index contributed by atoms with van der Waals surface area (Å²) in [5, 5.41) is 9.23. The van der Waals surface area contributed by atoms with Gasteiger partial charge in [-0.25, -0.2) is 0 Å². The second-order valence-electron chi connectivity index (χ2n) is 5.34. The average Bonchev–Trinajstić information content (AvgIpc) is 2.52. The third-order valence-electron chi connectivity index (χ3n) is 3.36. The SMILES string of the molecule is CCN(C=O)/C(C(=O)c1cc(Cl)cc(C#N)c1)=C(\C(N)=O)C(C)C. The van der Waals surface area contributed by atoms with Crippen LogP contribution in [0.4, 0.5) is 0 Å². The molecule has 24 heavy (non-hydrogen) atoms. The minimum Gasteiger partial charge on any atom is -0.366 e. The Bertz CT molecular complexity index is 748. The number of allylic oxidation sites excluding steroid dienone is 1. The van der Waals surface area contributed by atoms with Crippen LogP contribution in [0.3, 0.4) is 0 Å². The zero-order valence-electron chi connectivity index (χ0n) is 13.7. The Morgan fingerprint density at radius 3 is 2.42 bits per heavy atom. The maximum atomic E-state index is 12.9. The Balaban J connectivity index is 3.68. The Morgan fingerprint density at radius 2 is 2.00 bits per heavy atom. The highest BCUT2D eigenvalue weighted by atomic mass is 35.5. The van der Waals surface area contributed by atoms with Crippen molar-refractivity contribution >= 4 is 29.7 Å². The number of Topliss-reactive ketones (excluding diaryl/α,β-unsaturated/α-hetero) is 1. The molecule has 126 valence electrons. The Hall–Kier alpha value is -2.65. The van der Waals surface area contributed by atoms with Gasteiger partial charge in [0.1, 0.15) is 5.70 Å². The predicted octanol–water partition coefficient (Wildman–Crippen LogP) is 2.27. The van der Waals surface area contributed by atoms with Crippen molar-refractivity contribution in [3.05, 3.63) is 45.6 Å². The van der Waals surface area contributed by atoms with Crippen LogP contribution in [0.1, 0.15) is 36.7 Å². The standard InChI is InChI=1S/C17H18ClN3O3/c1-4-21(9-22)15(14(10(2)3)17(20)24)16(23)12-5-11(8-19)6-13(18)7-12/h5-7,9-10H,4H2,1-3H3,(H2,20,24)/b15-14-. The van der Waals surface area contributed by atoms with Gasteiger partial charge in [0.25, 0.3) is 0 Å². The van der Waals surface area contributed by atoms with Gasteiger partial charge in [0.2, 0.25) is 18.1 Å². The summed E-state index contributed by atoms with van der Waals surface area (Å²) in [5.41, 5.74) is 5.67. The molecule has 0 spiro atoms. The molecule has 0 heterocycles. The third-order valence-corrected chi connectivity index (χ3v) is 3.58. The summed E-state index contributed by atoms with van der Waals surface area (Å²) < 4.78 is 0. The van der Waals surface area contributed by atoms with Gasteiger partial charge < -0.3 is 10.6 Å². The molecular formula is C17H18ClN3O3. The molecule has 0 aliphatic heterocycles. The number of amides is 2. The van der Waals surface area contributed by atoms with Crippen molar-refractivity contribution in [2.45, 2.75) is 20.8 Å². The number of benzene rings is 1. The first-order valence-corrected chi connectivity index (χ1v) is 7.65. The topological polar surface area (TPSA) is 104 Å². The summed E-state index contributed by atoms with van der Waals surface area (Å²) in [6, 6.07) is 6.05. The highest BCUT2D eigenvalue weighted by Crippen LogP contribution is 2.24. The molecule has 0 bridgehead atoms. The number of ketones is 1. The first kappa shape index (κ1) is 19.4. The number of hydrogen-bond acceptors (Lipinski definition) is 4. The lowest BCUT2D eigenvalue weighted by Crippen LogP contribution is -2.33. The molecule has 2 N–H and O–H groups in total. The lowest BCUT2D eigenvalue weighted by molar-refractivity contribution is -0.116. The fraction of sp³-hybridized carbons (Fsp3) is 0.294. The van der Waals surface area contributed by atoms with E-state index in [0.717, 1.165) is 4.90 Å². The number of carbonyl (C=O) groups is 3. The van der Waals surface area contributed by atoms with Crippen molar-refractivity contribution in [3.63, 3.8) is 0 Å². The molecular weight excluding hydrogens is 330 g/mol. The highest BCUT2D eigenvalue weighted by molar-refractivity contribution is 6.31. The van der Waals surface area contributed by atoms with Gasteiger partial charge in [0.15, 0.2) is 0 Å². The van der Waals surface area contributed by atoms with Crippen molar-refractivity contribution in [1.29, 1.82) is 5.26 Å². The normalized spacial score (nSPS) is 11.5. The zero-order chi connectivity index (χ0) is 18.4. The van der Waals surface area contributed by atoms with Crippen LogP contribution in [0.5, 0.6) is 0 Å². The van der Waals surface area contributed by atoms with E-state index in [1.807, 2.05) is 6.07 Å². The molecule has 1 rings (SSSR count). The van der Waals surface area contributed by atoms with Gasteiger partial charge in [-0.05, 0) is 31.0 Å². The molecule has 1 aromatic carbocycles. The number of hydrogen-bond donors (Lipinski definition) is 1. The molecule has 7 heteroatoms. The van der Waals surface area contributed by atoms with Crippen molar-refractivity contribution < 1.29 is 14.4 Å². The minimum atomic E-state index is -0.781. The summed E-state index contributed by atoms with van der Waals surface area (Å²) in [6.45, 7) is 5.24. The number of rotatable bonds is 7. The maximum Gasteiger partial charge on any atom is 0.247 e. The number of nitrogens with two attached hydrogens (primary N) is 1. The Kier molecular flexibility index (Phi) is 6.69. The lowest BCUT2D eigenvalue weighted by Gasteiger charge is -2.23. The van der Waals surface area contributed by atoms with Gasteiger partial charge in [-0.2, -0.15) is 5.26 Å². The van der Waals surface area contributed by atoms with Gasteiger partial charge >= 0.3 is 0 Å². The van der Waals surface area contributed by atoms with E-state index in [1.165, 1.54) is 18.2 Å². The molecule has 1 aromatic rings. The number of carbonyl (C=O) groups excluding carboxylic acids is 3. The van der Waals surface area contributed by atoms with Crippen LogP contribution in [-0.4, -0.2) is 29.5 Å². The van der Waals surface area contributed by atoms with Crippen molar-refractivity contribution in [3.8, 4) is 6.07 Å². The van der Waals surface area contributed by atoms with E-state index < -0.39 is 11.7 Å². The van der Waals surface area contributed by atoms with Gasteiger partial charge in [-0.3, -0.25) is 14.4 Å².